The molecule has 0 aromatic carbocycles. The molecular formula is C10H9ClF2INO2. The maximum atomic E-state index is 12.7. The third-order valence-corrected chi connectivity index (χ3v) is 3.33. The molecule has 0 aliphatic heterocycles. The molecule has 1 heterocycles. The van der Waals surface area contributed by atoms with Gasteiger partial charge in [-0.25, -0.2) is 13.8 Å². The van der Waals surface area contributed by atoms with Gasteiger partial charge in [0, 0.05) is 5.56 Å². The molecular weight excluding hydrogens is 366 g/mol. The molecule has 0 fully saturated rings. The smallest absolute Gasteiger partial charge is 0.311 e. The van der Waals surface area contributed by atoms with Gasteiger partial charge >= 0.3 is 5.97 Å². The van der Waals surface area contributed by atoms with E-state index in [0.29, 0.717) is 3.70 Å². The van der Waals surface area contributed by atoms with Gasteiger partial charge in [-0.2, -0.15) is 0 Å². The van der Waals surface area contributed by atoms with Gasteiger partial charge in [0.1, 0.15) is 3.70 Å². The number of aromatic nitrogens is 1. The molecule has 0 spiro atoms. The van der Waals surface area contributed by atoms with Crippen molar-refractivity contribution in [2.75, 3.05) is 6.61 Å². The highest BCUT2D eigenvalue weighted by Gasteiger charge is 2.19. The van der Waals surface area contributed by atoms with Crippen molar-refractivity contribution in [3.05, 3.63) is 26.0 Å². The minimum absolute atomic E-state index is 0.00671. The summed E-state index contributed by atoms with van der Waals surface area (Å²) in [7, 11) is 0. The van der Waals surface area contributed by atoms with Crippen LogP contribution in [-0.4, -0.2) is 17.6 Å². The van der Waals surface area contributed by atoms with E-state index in [9.17, 15) is 13.6 Å². The molecule has 0 saturated heterocycles. The quantitative estimate of drug-likeness (QED) is 0.460. The molecule has 0 N–H and O–H groups in total. The third-order valence-electron chi connectivity index (χ3n) is 1.90. The highest BCUT2D eigenvalue weighted by atomic mass is 127. The molecule has 1 rings (SSSR count). The standard InChI is InChI=1S/C10H9ClF2INO2/c1-2-17-8(16)4-7-5(9(12)13)3-6(11)10(14)15-7/h3,9H,2,4H2,1H3. The summed E-state index contributed by atoms with van der Waals surface area (Å²) in [6.07, 6.45) is -3.00. The van der Waals surface area contributed by atoms with E-state index in [2.05, 4.69) is 4.98 Å². The van der Waals surface area contributed by atoms with Gasteiger partial charge in [0.05, 0.1) is 23.7 Å². The molecule has 0 unspecified atom stereocenters. The van der Waals surface area contributed by atoms with Crippen LogP contribution >= 0.6 is 34.2 Å². The second-order valence-electron chi connectivity index (χ2n) is 3.08. The van der Waals surface area contributed by atoms with E-state index in [4.69, 9.17) is 16.3 Å². The lowest BCUT2D eigenvalue weighted by Gasteiger charge is -2.09. The van der Waals surface area contributed by atoms with Crippen molar-refractivity contribution in [1.29, 1.82) is 0 Å². The first-order valence-corrected chi connectivity index (χ1v) is 6.20. The molecule has 0 bridgehead atoms. The van der Waals surface area contributed by atoms with E-state index in [0.717, 1.165) is 6.07 Å². The van der Waals surface area contributed by atoms with Gasteiger partial charge in [0.2, 0.25) is 0 Å². The molecule has 17 heavy (non-hydrogen) atoms. The maximum absolute atomic E-state index is 12.7. The van der Waals surface area contributed by atoms with Crippen molar-refractivity contribution in [3.8, 4) is 0 Å². The van der Waals surface area contributed by atoms with E-state index in [1.54, 1.807) is 6.92 Å². The van der Waals surface area contributed by atoms with Crippen molar-refractivity contribution in [1.82, 2.24) is 4.98 Å². The maximum Gasteiger partial charge on any atom is 0.311 e. The summed E-state index contributed by atoms with van der Waals surface area (Å²) >= 11 is 7.53. The van der Waals surface area contributed by atoms with Crippen molar-refractivity contribution in [2.24, 2.45) is 0 Å². The lowest BCUT2D eigenvalue weighted by Crippen LogP contribution is -2.12. The number of ether oxygens (including phenoxy) is 1. The van der Waals surface area contributed by atoms with E-state index >= 15 is 0 Å². The molecule has 1 aromatic rings. The number of hydrogen-bond donors (Lipinski definition) is 0. The number of carbonyl (C=O) groups is 1. The molecule has 0 aliphatic rings. The second-order valence-corrected chi connectivity index (χ2v) is 4.51. The van der Waals surface area contributed by atoms with Crippen LogP contribution in [0.4, 0.5) is 8.78 Å². The van der Waals surface area contributed by atoms with Crippen LogP contribution in [0.15, 0.2) is 6.07 Å². The summed E-state index contributed by atoms with van der Waals surface area (Å²) in [6.45, 7) is 1.85. The number of nitrogens with zero attached hydrogens (tertiary/aromatic N) is 1. The van der Waals surface area contributed by atoms with Crippen molar-refractivity contribution < 1.29 is 18.3 Å². The zero-order valence-electron chi connectivity index (χ0n) is 8.84. The Labute approximate surface area is 116 Å². The van der Waals surface area contributed by atoms with Crippen LogP contribution in [0.3, 0.4) is 0 Å². The largest absolute Gasteiger partial charge is 0.466 e. The van der Waals surface area contributed by atoms with Crippen LogP contribution in [0.25, 0.3) is 0 Å². The fourth-order valence-corrected chi connectivity index (χ4v) is 1.80. The number of carbonyl (C=O) groups excluding carboxylic acids is 1. The van der Waals surface area contributed by atoms with Crippen LogP contribution in [-0.2, 0) is 16.0 Å². The van der Waals surface area contributed by atoms with Crippen LogP contribution < -0.4 is 0 Å². The van der Waals surface area contributed by atoms with E-state index < -0.39 is 12.4 Å². The van der Waals surface area contributed by atoms with E-state index in [1.807, 2.05) is 22.6 Å². The number of alkyl halides is 2. The number of halogens is 4. The Hall–Kier alpha value is -0.500. The molecule has 7 heteroatoms. The molecule has 0 saturated carbocycles. The summed E-state index contributed by atoms with van der Waals surface area (Å²) in [5, 5.41) is 0.147. The van der Waals surface area contributed by atoms with E-state index in [1.165, 1.54) is 0 Å². The summed E-state index contributed by atoms with van der Waals surface area (Å²) in [5.74, 6) is -0.583. The van der Waals surface area contributed by atoms with Crippen LogP contribution in [0.2, 0.25) is 5.02 Å². The highest BCUT2D eigenvalue weighted by molar-refractivity contribution is 14.1. The van der Waals surface area contributed by atoms with Gasteiger partial charge < -0.3 is 4.74 Å². The summed E-state index contributed by atoms with van der Waals surface area (Å²) in [4.78, 5) is 15.1. The van der Waals surface area contributed by atoms with Gasteiger partial charge in [-0.05, 0) is 35.6 Å². The molecule has 0 atom stereocenters. The van der Waals surface area contributed by atoms with Gasteiger partial charge in [-0.3, -0.25) is 4.79 Å². The van der Waals surface area contributed by atoms with Gasteiger partial charge in [-0.1, -0.05) is 11.6 Å². The minimum atomic E-state index is -2.72. The topological polar surface area (TPSA) is 39.2 Å². The average Bonchev–Trinajstić information content (AvgIpc) is 2.23. The van der Waals surface area contributed by atoms with Gasteiger partial charge in [0.25, 0.3) is 6.43 Å². The molecule has 0 radical (unpaired) electrons. The Morgan fingerprint density at radius 1 is 1.65 bits per heavy atom. The van der Waals surface area contributed by atoms with Gasteiger partial charge in [-0.15, -0.1) is 0 Å². The number of hydrogen-bond acceptors (Lipinski definition) is 3. The minimum Gasteiger partial charge on any atom is -0.466 e. The number of rotatable bonds is 4. The predicted octanol–water partition coefficient (Wildman–Crippen LogP) is 3.38. The Morgan fingerprint density at radius 2 is 2.29 bits per heavy atom. The van der Waals surface area contributed by atoms with Crippen LogP contribution in [0.1, 0.15) is 24.6 Å². The number of pyridine rings is 1. The normalized spacial score (nSPS) is 10.7. The zero-order valence-corrected chi connectivity index (χ0v) is 11.8. The summed E-state index contributed by atoms with van der Waals surface area (Å²) in [6, 6.07) is 1.13. The Balaban J connectivity index is 3.04. The first-order valence-electron chi connectivity index (χ1n) is 4.74. The Bertz CT molecular complexity index is 429. The summed E-state index contributed by atoms with van der Waals surface area (Å²) in [5.41, 5.74) is -0.323. The lowest BCUT2D eigenvalue weighted by molar-refractivity contribution is -0.142. The fraction of sp³-hybridized carbons (Fsp3) is 0.400. The van der Waals surface area contributed by atoms with Crippen molar-refractivity contribution in [2.45, 2.75) is 19.8 Å². The second kappa shape index (κ2) is 6.44. The molecule has 0 amide bonds. The molecule has 0 aliphatic carbocycles. The SMILES string of the molecule is CCOC(=O)Cc1nc(I)c(Cl)cc1C(F)F. The first-order chi connectivity index (χ1) is 7.95. The van der Waals surface area contributed by atoms with Crippen molar-refractivity contribution in [3.63, 3.8) is 0 Å². The third kappa shape index (κ3) is 4.02. The molecule has 94 valence electrons. The first kappa shape index (κ1) is 14.6. The summed E-state index contributed by atoms with van der Waals surface area (Å²) < 4.78 is 30.5. The zero-order chi connectivity index (χ0) is 13.0. The molecule has 3 nitrogen and oxygen atoms in total. The fourth-order valence-electron chi connectivity index (χ4n) is 1.20. The van der Waals surface area contributed by atoms with Crippen LogP contribution in [0, 0.1) is 3.70 Å². The molecule has 1 aromatic heterocycles. The predicted molar refractivity (Wildman–Crippen MR) is 67.3 cm³/mol. The Kier molecular flexibility index (Phi) is 5.51. The lowest BCUT2D eigenvalue weighted by atomic mass is 10.1. The highest BCUT2D eigenvalue weighted by Crippen LogP contribution is 2.27. The van der Waals surface area contributed by atoms with Crippen LogP contribution in [0.5, 0.6) is 0 Å². The average molecular weight is 376 g/mol. The van der Waals surface area contributed by atoms with E-state index in [-0.39, 0.29) is 29.3 Å². The van der Waals surface area contributed by atoms with Crippen molar-refractivity contribution >= 4 is 40.2 Å². The Morgan fingerprint density at radius 3 is 2.82 bits per heavy atom. The monoisotopic (exact) mass is 375 g/mol. The number of esters is 1. The van der Waals surface area contributed by atoms with Gasteiger partial charge in [0.15, 0.2) is 0 Å².